The summed E-state index contributed by atoms with van der Waals surface area (Å²) in [5.74, 6) is -0.241. The number of hydrogen-bond donors (Lipinski definition) is 0. The smallest absolute Gasteiger partial charge is 0.338 e. The van der Waals surface area contributed by atoms with Gasteiger partial charge < -0.3 is 9.47 Å². The number of aromatic nitrogens is 1. The van der Waals surface area contributed by atoms with E-state index in [9.17, 15) is 9.18 Å². The Labute approximate surface area is 165 Å². The fourth-order valence-corrected chi connectivity index (χ4v) is 3.74. The van der Waals surface area contributed by atoms with Gasteiger partial charge in [-0.3, -0.25) is 0 Å². The molecule has 28 heavy (non-hydrogen) atoms. The lowest BCUT2D eigenvalue weighted by atomic mass is 10.1. The van der Waals surface area contributed by atoms with Crippen molar-refractivity contribution >= 4 is 27.5 Å². The predicted octanol–water partition coefficient (Wildman–Crippen LogP) is 5.34. The molecule has 0 atom stereocenters. The van der Waals surface area contributed by atoms with E-state index < -0.39 is 5.97 Å². The largest absolute Gasteiger partial charge is 0.490 e. The fraction of sp³-hybridized carbons (Fsp3) is 0.0909. The number of carbonyl (C=O) groups is 1. The molecule has 0 N–H and O–H groups in total. The van der Waals surface area contributed by atoms with Gasteiger partial charge >= 0.3 is 5.97 Å². The van der Waals surface area contributed by atoms with Crippen LogP contribution in [0.4, 0.5) is 4.39 Å². The lowest BCUT2D eigenvalue weighted by molar-refractivity contribution is 0.0451. The number of ether oxygens (including phenoxy) is 2. The molecule has 0 amide bonds. The number of halogens is 1. The number of thiazole rings is 1. The Bertz CT molecular complexity index is 1080. The highest BCUT2D eigenvalue weighted by Crippen LogP contribution is 2.32. The third-order valence-corrected chi connectivity index (χ3v) is 5.14. The van der Waals surface area contributed by atoms with Crippen molar-refractivity contribution in [3.05, 3.63) is 84.2 Å². The van der Waals surface area contributed by atoms with Crippen LogP contribution in [0.5, 0.6) is 5.75 Å². The molecular weight excluding hydrogens is 377 g/mol. The van der Waals surface area contributed by atoms with E-state index in [-0.39, 0.29) is 19.0 Å². The standard InChI is InChI=1S/C22H16FNO3S/c23-15-9-11-16(12-10-15)26-13-14-27-22(25)18-6-2-1-5-17(18)21-24-19-7-3-4-8-20(19)28-21/h1-12H,13-14H2. The third-order valence-electron chi connectivity index (χ3n) is 4.07. The molecule has 4 rings (SSSR count). The third kappa shape index (κ3) is 4.02. The van der Waals surface area contributed by atoms with Crippen molar-refractivity contribution in [3.8, 4) is 16.3 Å². The van der Waals surface area contributed by atoms with E-state index in [2.05, 4.69) is 4.98 Å². The Kier molecular flexibility index (Phi) is 5.30. The number of para-hydroxylation sites is 1. The number of rotatable bonds is 6. The van der Waals surface area contributed by atoms with Crippen molar-refractivity contribution in [1.82, 2.24) is 4.98 Å². The molecule has 0 radical (unpaired) electrons. The first-order valence-electron chi connectivity index (χ1n) is 8.71. The molecule has 4 nitrogen and oxygen atoms in total. The van der Waals surface area contributed by atoms with Gasteiger partial charge in [-0.05, 0) is 42.5 Å². The van der Waals surface area contributed by atoms with Crippen LogP contribution in [0.2, 0.25) is 0 Å². The number of fused-ring (bicyclic) bond motifs is 1. The molecule has 0 bridgehead atoms. The van der Waals surface area contributed by atoms with E-state index in [4.69, 9.17) is 9.47 Å². The first-order chi connectivity index (χ1) is 13.7. The second-order valence-corrected chi connectivity index (χ2v) is 7.00. The highest BCUT2D eigenvalue weighted by Gasteiger charge is 2.16. The summed E-state index contributed by atoms with van der Waals surface area (Å²) < 4.78 is 24.7. The zero-order valence-electron chi connectivity index (χ0n) is 14.8. The Balaban J connectivity index is 1.44. The second kappa shape index (κ2) is 8.19. The molecule has 0 aliphatic heterocycles. The van der Waals surface area contributed by atoms with Gasteiger partial charge in [0.2, 0.25) is 0 Å². The number of hydrogen-bond acceptors (Lipinski definition) is 5. The molecule has 140 valence electrons. The molecule has 3 aromatic carbocycles. The maximum atomic E-state index is 12.9. The van der Waals surface area contributed by atoms with Crippen molar-refractivity contribution in [2.24, 2.45) is 0 Å². The SMILES string of the molecule is O=C(OCCOc1ccc(F)cc1)c1ccccc1-c1nc2ccccc2s1. The van der Waals surface area contributed by atoms with Gasteiger partial charge in [0, 0.05) is 5.56 Å². The van der Waals surface area contributed by atoms with E-state index in [1.807, 2.05) is 36.4 Å². The van der Waals surface area contributed by atoms with Crippen LogP contribution in [0.25, 0.3) is 20.8 Å². The van der Waals surface area contributed by atoms with Crippen LogP contribution in [-0.4, -0.2) is 24.2 Å². The summed E-state index contributed by atoms with van der Waals surface area (Å²) in [5.41, 5.74) is 2.11. The normalized spacial score (nSPS) is 10.8. The summed E-state index contributed by atoms with van der Waals surface area (Å²) in [7, 11) is 0. The molecule has 0 fully saturated rings. The highest BCUT2D eigenvalue weighted by atomic mass is 32.1. The molecule has 1 heterocycles. The lowest BCUT2D eigenvalue weighted by Gasteiger charge is -2.09. The summed E-state index contributed by atoms with van der Waals surface area (Å²) in [6, 6.07) is 20.8. The van der Waals surface area contributed by atoms with Gasteiger partial charge in [0.15, 0.2) is 0 Å². The van der Waals surface area contributed by atoms with E-state index in [0.29, 0.717) is 11.3 Å². The zero-order valence-corrected chi connectivity index (χ0v) is 15.6. The zero-order chi connectivity index (χ0) is 19.3. The second-order valence-electron chi connectivity index (χ2n) is 5.97. The number of esters is 1. The van der Waals surface area contributed by atoms with Crippen molar-refractivity contribution in [3.63, 3.8) is 0 Å². The molecule has 0 saturated carbocycles. The van der Waals surface area contributed by atoms with Crippen molar-refractivity contribution < 1.29 is 18.7 Å². The topological polar surface area (TPSA) is 48.4 Å². The summed E-state index contributed by atoms with van der Waals surface area (Å²) in [6.45, 7) is 0.269. The predicted molar refractivity (Wildman–Crippen MR) is 107 cm³/mol. The Hall–Kier alpha value is -3.25. The number of benzene rings is 3. The minimum Gasteiger partial charge on any atom is -0.490 e. The van der Waals surface area contributed by atoms with Crippen LogP contribution in [0, 0.1) is 5.82 Å². The van der Waals surface area contributed by atoms with Crippen LogP contribution in [0.15, 0.2) is 72.8 Å². The van der Waals surface area contributed by atoms with E-state index in [1.54, 1.807) is 12.1 Å². The molecule has 0 saturated heterocycles. The first kappa shape index (κ1) is 18.1. The van der Waals surface area contributed by atoms with Gasteiger partial charge in [-0.15, -0.1) is 11.3 Å². The maximum absolute atomic E-state index is 12.9. The van der Waals surface area contributed by atoms with Crippen LogP contribution in [0.3, 0.4) is 0 Å². The Morgan fingerprint density at radius 3 is 2.50 bits per heavy atom. The average molecular weight is 393 g/mol. The van der Waals surface area contributed by atoms with Crippen LogP contribution in [0.1, 0.15) is 10.4 Å². The highest BCUT2D eigenvalue weighted by molar-refractivity contribution is 7.21. The summed E-state index contributed by atoms with van der Waals surface area (Å²) in [5, 5.41) is 0.774. The Morgan fingerprint density at radius 1 is 0.929 bits per heavy atom. The summed E-state index contributed by atoms with van der Waals surface area (Å²) >= 11 is 1.53. The van der Waals surface area contributed by atoms with Crippen LogP contribution < -0.4 is 4.74 Å². The molecule has 0 spiro atoms. The molecule has 6 heteroatoms. The summed E-state index contributed by atoms with van der Waals surface area (Å²) in [4.78, 5) is 17.2. The van der Waals surface area contributed by atoms with E-state index >= 15 is 0 Å². The van der Waals surface area contributed by atoms with E-state index in [1.165, 1.54) is 35.6 Å². The van der Waals surface area contributed by atoms with Gasteiger partial charge in [0.1, 0.15) is 29.8 Å². The quantitative estimate of drug-likeness (QED) is 0.328. The molecule has 0 aliphatic rings. The minimum atomic E-state index is -0.433. The summed E-state index contributed by atoms with van der Waals surface area (Å²) in [6.07, 6.45) is 0. The van der Waals surface area contributed by atoms with Gasteiger partial charge in [-0.2, -0.15) is 0 Å². The maximum Gasteiger partial charge on any atom is 0.338 e. The number of nitrogens with zero attached hydrogens (tertiary/aromatic N) is 1. The van der Waals surface area contributed by atoms with Gasteiger partial charge in [0.05, 0.1) is 15.8 Å². The average Bonchev–Trinajstić information content (AvgIpc) is 3.16. The first-order valence-corrected chi connectivity index (χ1v) is 9.53. The van der Waals surface area contributed by atoms with Crippen molar-refractivity contribution in [2.75, 3.05) is 13.2 Å². The minimum absolute atomic E-state index is 0.0877. The molecule has 4 aromatic rings. The molecule has 0 aliphatic carbocycles. The van der Waals surface area contributed by atoms with Crippen molar-refractivity contribution in [2.45, 2.75) is 0 Å². The van der Waals surface area contributed by atoms with Crippen LogP contribution in [-0.2, 0) is 4.74 Å². The van der Waals surface area contributed by atoms with Gasteiger partial charge in [-0.1, -0.05) is 30.3 Å². The van der Waals surface area contributed by atoms with Crippen LogP contribution >= 0.6 is 11.3 Å². The molecule has 0 unspecified atom stereocenters. The Morgan fingerprint density at radius 2 is 1.68 bits per heavy atom. The van der Waals surface area contributed by atoms with Gasteiger partial charge in [0.25, 0.3) is 0 Å². The molecule has 1 aromatic heterocycles. The monoisotopic (exact) mass is 393 g/mol. The lowest BCUT2D eigenvalue weighted by Crippen LogP contribution is -2.13. The molecular formula is C22H16FNO3S. The number of carbonyl (C=O) groups excluding carboxylic acids is 1. The van der Waals surface area contributed by atoms with Crippen molar-refractivity contribution in [1.29, 1.82) is 0 Å². The van der Waals surface area contributed by atoms with Gasteiger partial charge in [-0.25, -0.2) is 14.2 Å². The fourth-order valence-electron chi connectivity index (χ4n) is 2.74. The van der Waals surface area contributed by atoms with E-state index in [0.717, 1.165) is 20.8 Å².